The molecule has 0 fully saturated rings. The second-order valence-electron chi connectivity index (χ2n) is 4.15. The summed E-state index contributed by atoms with van der Waals surface area (Å²) in [5.74, 6) is 0.889. The fourth-order valence-corrected chi connectivity index (χ4v) is 1.92. The maximum atomic E-state index is 13.4. The van der Waals surface area contributed by atoms with Gasteiger partial charge in [0, 0.05) is 18.9 Å². The third kappa shape index (κ3) is 3.17. The summed E-state index contributed by atoms with van der Waals surface area (Å²) in [4.78, 5) is 4.28. The SMILES string of the molecule is CCn1ccnc1CNCCc1ccccc1F. The van der Waals surface area contributed by atoms with Crippen LogP contribution in [-0.2, 0) is 19.5 Å². The van der Waals surface area contributed by atoms with Crippen LogP contribution in [0.1, 0.15) is 18.3 Å². The largest absolute Gasteiger partial charge is 0.334 e. The van der Waals surface area contributed by atoms with Gasteiger partial charge in [0.2, 0.25) is 0 Å². The summed E-state index contributed by atoms with van der Waals surface area (Å²) in [6.45, 7) is 4.47. The van der Waals surface area contributed by atoms with Gasteiger partial charge in [0.05, 0.1) is 6.54 Å². The van der Waals surface area contributed by atoms with Gasteiger partial charge < -0.3 is 9.88 Å². The molecule has 0 saturated heterocycles. The molecule has 0 radical (unpaired) electrons. The van der Waals surface area contributed by atoms with Crippen molar-refractivity contribution in [2.45, 2.75) is 26.4 Å². The molecule has 2 aromatic rings. The minimum Gasteiger partial charge on any atom is -0.334 e. The Morgan fingerprint density at radius 1 is 1.33 bits per heavy atom. The van der Waals surface area contributed by atoms with E-state index in [0.29, 0.717) is 6.42 Å². The molecule has 18 heavy (non-hydrogen) atoms. The first-order chi connectivity index (χ1) is 8.81. The number of halogens is 1. The Bertz CT molecular complexity index is 493. The lowest BCUT2D eigenvalue weighted by Crippen LogP contribution is -2.19. The van der Waals surface area contributed by atoms with Crippen molar-refractivity contribution in [3.63, 3.8) is 0 Å². The molecular weight excluding hydrogens is 229 g/mol. The first-order valence-corrected chi connectivity index (χ1v) is 6.25. The third-order valence-electron chi connectivity index (χ3n) is 2.95. The average molecular weight is 247 g/mol. The highest BCUT2D eigenvalue weighted by molar-refractivity contribution is 5.17. The standard InChI is InChI=1S/C14H18FN3/c1-2-18-10-9-17-14(18)11-16-8-7-12-5-3-4-6-13(12)15/h3-6,9-10,16H,2,7-8,11H2,1H3. The molecule has 0 bridgehead atoms. The average Bonchev–Trinajstić information content (AvgIpc) is 2.84. The van der Waals surface area contributed by atoms with Crippen molar-refractivity contribution < 1.29 is 4.39 Å². The highest BCUT2D eigenvalue weighted by Crippen LogP contribution is 2.06. The maximum Gasteiger partial charge on any atom is 0.126 e. The van der Waals surface area contributed by atoms with Crippen molar-refractivity contribution in [1.29, 1.82) is 0 Å². The maximum absolute atomic E-state index is 13.4. The fourth-order valence-electron chi connectivity index (χ4n) is 1.92. The molecule has 0 saturated carbocycles. The van der Waals surface area contributed by atoms with E-state index in [9.17, 15) is 4.39 Å². The van der Waals surface area contributed by atoms with E-state index in [1.165, 1.54) is 6.07 Å². The molecule has 0 spiro atoms. The van der Waals surface area contributed by atoms with E-state index in [1.807, 2.05) is 18.3 Å². The van der Waals surface area contributed by atoms with Gasteiger partial charge in [-0.3, -0.25) is 0 Å². The molecule has 0 amide bonds. The number of nitrogens with one attached hydrogen (secondary N) is 1. The minimum atomic E-state index is -0.130. The summed E-state index contributed by atoms with van der Waals surface area (Å²) < 4.78 is 15.5. The molecule has 0 unspecified atom stereocenters. The van der Waals surface area contributed by atoms with Crippen LogP contribution in [0.3, 0.4) is 0 Å². The van der Waals surface area contributed by atoms with Crippen LogP contribution in [0.4, 0.5) is 4.39 Å². The van der Waals surface area contributed by atoms with Gasteiger partial charge in [-0.05, 0) is 31.5 Å². The van der Waals surface area contributed by atoms with Crippen molar-refractivity contribution in [3.05, 3.63) is 53.9 Å². The smallest absolute Gasteiger partial charge is 0.126 e. The van der Waals surface area contributed by atoms with Gasteiger partial charge in [-0.2, -0.15) is 0 Å². The first-order valence-electron chi connectivity index (χ1n) is 6.25. The highest BCUT2D eigenvalue weighted by Gasteiger charge is 2.02. The van der Waals surface area contributed by atoms with Crippen LogP contribution in [0.5, 0.6) is 0 Å². The number of nitrogens with zero attached hydrogens (tertiary/aromatic N) is 2. The van der Waals surface area contributed by atoms with Gasteiger partial charge in [0.15, 0.2) is 0 Å². The lowest BCUT2D eigenvalue weighted by molar-refractivity contribution is 0.585. The van der Waals surface area contributed by atoms with Crippen molar-refractivity contribution in [2.24, 2.45) is 0 Å². The molecule has 1 aromatic carbocycles. The van der Waals surface area contributed by atoms with Gasteiger partial charge in [-0.1, -0.05) is 18.2 Å². The summed E-state index contributed by atoms with van der Waals surface area (Å²) >= 11 is 0. The van der Waals surface area contributed by atoms with Crippen molar-refractivity contribution in [1.82, 2.24) is 14.9 Å². The number of rotatable bonds is 6. The zero-order valence-corrected chi connectivity index (χ0v) is 10.6. The van der Waals surface area contributed by atoms with Crippen LogP contribution in [0.25, 0.3) is 0 Å². The summed E-state index contributed by atoms with van der Waals surface area (Å²) in [6.07, 6.45) is 4.46. The molecule has 0 aliphatic heterocycles. The van der Waals surface area contributed by atoms with Crippen molar-refractivity contribution >= 4 is 0 Å². The Morgan fingerprint density at radius 2 is 2.17 bits per heavy atom. The second kappa shape index (κ2) is 6.31. The Labute approximate surface area is 107 Å². The van der Waals surface area contributed by atoms with E-state index < -0.39 is 0 Å². The molecule has 1 heterocycles. The number of aromatic nitrogens is 2. The number of hydrogen-bond acceptors (Lipinski definition) is 2. The van der Waals surface area contributed by atoms with Crippen molar-refractivity contribution in [3.8, 4) is 0 Å². The number of imidazole rings is 1. The minimum absolute atomic E-state index is 0.130. The number of hydrogen-bond donors (Lipinski definition) is 1. The van der Waals surface area contributed by atoms with Gasteiger partial charge in [-0.15, -0.1) is 0 Å². The second-order valence-corrected chi connectivity index (χ2v) is 4.15. The van der Waals surface area contributed by atoms with E-state index in [4.69, 9.17) is 0 Å². The van der Waals surface area contributed by atoms with Crippen LogP contribution in [0, 0.1) is 5.82 Å². The molecule has 4 heteroatoms. The quantitative estimate of drug-likeness (QED) is 0.794. The Balaban J connectivity index is 1.78. The predicted molar refractivity (Wildman–Crippen MR) is 69.7 cm³/mol. The van der Waals surface area contributed by atoms with E-state index in [2.05, 4.69) is 21.8 Å². The third-order valence-corrected chi connectivity index (χ3v) is 2.95. The highest BCUT2D eigenvalue weighted by atomic mass is 19.1. The molecule has 0 atom stereocenters. The van der Waals surface area contributed by atoms with E-state index in [1.54, 1.807) is 12.3 Å². The lowest BCUT2D eigenvalue weighted by Gasteiger charge is -2.07. The van der Waals surface area contributed by atoms with E-state index in [-0.39, 0.29) is 5.82 Å². The molecule has 3 nitrogen and oxygen atoms in total. The summed E-state index contributed by atoms with van der Waals surface area (Å²) in [5, 5.41) is 3.29. The van der Waals surface area contributed by atoms with Gasteiger partial charge in [-0.25, -0.2) is 9.37 Å². The van der Waals surface area contributed by atoms with E-state index >= 15 is 0 Å². The topological polar surface area (TPSA) is 29.9 Å². The zero-order chi connectivity index (χ0) is 12.8. The molecule has 0 aliphatic carbocycles. The van der Waals surface area contributed by atoms with Crippen molar-refractivity contribution in [2.75, 3.05) is 6.54 Å². The van der Waals surface area contributed by atoms with Crippen LogP contribution >= 0.6 is 0 Å². The molecular formula is C14H18FN3. The monoisotopic (exact) mass is 247 g/mol. The van der Waals surface area contributed by atoms with E-state index in [0.717, 1.165) is 31.0 Å². The Hall–Kier alpha value is -1.68. The molecule has 1 N–H and O–H groups in total. The summed E-state index contributed by atoms with van der Waals surface area (Å²) in [7, 11) is 0. The summed E-state index contributed by atoms with van der Waals surface area (Å²) in [6, 6.07) is 6.90. The first kappa shape index (κ1) is 12.8. The van der Waals surface area contributed by atoms with Crippen LogP contribution in [0.15, 0.2) is 36.7 Å². The van der Waals surface area contributed by atoms with Crippen LogP contribution in [-0.4, -0.2) is 16.1 Å². The summed E-state index contributed by atoms with van der Waals surface area (Å²) in [5.41, 5.74) is 0.754. The van der Waals surface area contributed by atoms with Crippen LogP contribution in [0.2, 0.25) is 0 Å². The Kier molecular flexibility index (Phi) is 4.47. The van der Waals surface area contributed by atoms with Gasteiger partial charge in [0.1, 0.15) is 11.6 Å². The number of aryl methyl sites for hydroxylation is 1. The normalized spacial score (nSPS) is 10.8. The van der Waals surface area contributed by atoms with Gasteiger partial charge in [0.25, 0.3) is 0 Å². The Morgan fingerprint density at radius 3 is 2.94 bits per heavy atom. The molecule has 96 valence electrons. The molecule has 2 rings (SSSR count). The van der Waals surface area contributed by atoms with Gasteiger partial charge >= 0.3 is 0 Å². The molecule has 1 aromatic heterocycles. The predicted octanol–water partition coefficient (Wildman–Crippen LogP) is 2.37. The fraction of sp³-hybridized carbons (Fsp3) is 0.357. The molecule has 0 aliphatic rings. The lowest BCUT2D eigenvalue weighted by atomic mass is 10.1. The van der Waals surface area contributed by atoms with Crippen LogP contribution < -0.4 is 5.32 Å². The number of benzene rings is 1. The zero-order valence-electron chi connectivity index (χ0n) is 10.6.